The monoisotopic (exact) mass is 489 g/mol. The van der Waals surface area contributed by atoms with Crippen LogP contribution in [-0.4, -0.2) is 19.7 Å². The van der Waals surface area contributed by atoms with Gasteiger partial charge in [0.2, 0.25) is 0 Å². The minimum absolute atomic E-state index is 0.0463. The highest BCUT2D eigenvalue weighted by Crippen LogP contribution is 2.37. The van der Waals surface area contributed by atoms with Gasteiger partial charge in [-0.1, -0.05) is 54.3 Å². The van der Waals surface area contributed by atoms with Crippen LogP contribution < -0.4 is 4.90 Å². The molecule has 0 atom stereocenters. The molecule has 0 bridgehead atoms. The van der Waals surface area contributed by atoms with Crippen molar-refractivity contribution in [2.24, 2.45) is 0 Å². The van der Waals surface area contributed by atoms with E-state index in [0.717, 1.165) is 22.0 Å². The summed E-state index contributed by atoms with van der Waals surface area (Å²) >= 11 is 6.63. The number of thioether (sulfide) groups is 1. The van der Waals surface area contributed by atoms with Crippen LogP contribution in [0.2, 0.25) is 0 Å². The molecule has 1 saturated heterocycles. The molecule has 1 fully saturated rings. The van der Waals surface area contributed by atoms with Crippen molar-refractivity contribution in [1.82, 2.24) is 4.57 Å². The number of nitrogens with zero attached hydrogens (tertiary/aromatic N) is 3. The number of para-hydroxylation sites is 1. The summed E-state index contributed by atoms with van der Waals surface area (Å²) in [7, 11) is 0. The van der Waals surface area contributed by atoms with Gasteiger partial charge >= 0.3 is 0 Å². The second-order valence-corrected chi connectivity index (χ2v) is 9.32. The second kappa shape index (κ2) is 8.85. The average Bonchev–Trinajstić information content (AvgIpc) is 3.31. The average molecular weight is 490 g/mol. The van der Waals surface area contributed by atoms with Crippen LogP contribution >= 0.6 is 24.0 Å². The van der Waals surface area contributed by atoms with E-state index in [2.05, 4.69) is 0 Å². The third-order valence-electron chi connectivity index (χ3n) is 5.48. The fourth-order valence-corrected chi connectivity index (χ4v) is 5.15. The number of halogens is 1. The van der Waals surface area contributed by atoms with Crippen LogP contribution in [0.3, 0.4) is 0 Å². The molecule has 9 heteroatoms. The van der Waals surface area contributed by atoms with Crippen molar-refractivity contribution in [1.29, 1.82) is 0 Å². The quantitative estimate of drug-likeness (QED) is 0.146. The zero-order valence-corrected chi connectivity index (χ0v) is 19.2. The Morgan fingerprint density at radius 3 is 2.44 bits per heavy atom. The molecule has 0 radical (unpaired) electrons. The molecule has 1 amide bonds. The number of non-ortho nitro benzene ring substituents is 1. The number of aromatic nitrogens is 1. The van der Waals surface area contributed by atoms with Crippen LogP contribution in [-0.2, 0) is 11.3 Å². The van der Waals surface area contributed by atoms with Crippen molar-refractivity contribution >= 4 is 62.6 Å². The van der Waals surface area contributed by atoms with E-state index in [1.165, 1.54) is 53.1 Å². The maximum absolute atomic E-state index is 13.3. The fraction of sp³-hybridized carbons (Fsp3) is 0.0400. The molecule has 1 aromatic heterocycles. The summed E-state index contributed by atoms with van der Waals surface area (Å²) in [6.45, 7) is 0.517. The molecule has 5 rings (SSSR count). The number of benzene rings is 3. The molecule has 0 saturated carbocycles. The highest BCUT2D eigenvalue weighted by Gasteiger charge is 2.33. The molecule has 168 valence electrons. The van der Waals surface area contributed by atoms with Gasteiger partial charge in [0.05, 0.1) is 15.5 Å². The van der Waals surface area contributed by atoms with Crippen molar-refractivity contribution < 1.29 is 14.1 Å². The Hall–Kier alpha value is -3.82. The fourth-order valence-electron chi connectivity index (χ4n) is 3.86. The van der Waals surface area contributed by atoms with Gasteiger partial charge in [-0.3, -0.25) is 19.8 Å². The number of hydrogen-bond donors (Lipinski definition) is 0. The van der Waals surface area contributed by atoms with Gasteiger partial charge in [0.25, 0.3) is 11.6 Å². The third kappa shape index (κ3) is 4.11. The Balaban J connectivity index is 1.48. The number of nitro benzene ring substituents is 1. The molecule has 4 aromatic rings. The van der Waals surface area contributed by atoms with E-state index in [9.17, 15) is 19.3 Å². The Morgan fingerprint density at radius 2 is 1.74 bits per heavy atom. The topological polar surface area (TPSA) is 68.4 Å². The summed E-state index contributed by atoms with van der Waals surface area (Å²) in [4.78, 5) is 25.5. The van der Waals surface area contributed by atoms with Crippen LogP contribution in [0.4, 0.5) is 15.8 Å². The van der Waals surface area contributed by atoms with Crippen LogP contribution in [0.15, 0.2) is 83.9 Å². The molecule has 0 unspecified atom stereocenters. The van der Waals surface area contributed by atoms with E-state index >= 15 is 0 Å². The second-order valence-electron chi connectivity index (χ2n) is 7.65. The molecular formula is C25H16FN3O3S2. The standard InChI is InChI=1S/C25H16FN3O3S2/c26-18-7-11-19(12-8-18)28-24(30)23(34-25(28)33)13-17-15-27(22-4-2-1-3-21(17)22)14-16-5-9-20(10-6-16)29(31)32/h1-13,15H,14H2/b23-13-. The molecule has 1 aliphatic heterocycles. The Morgan fingerprint density at radius 1 is 1.03 bits per heavy atom. The van der Waals surface area contributed by atoms with Gasteiger partial charge in [-0.15, -0.1) is 0 Å². The number of fused-ring (bicyclic) bond motifs is 1. The van der Waals surface area contributed by atoms with Gasteiger partial charge in [-0.2, -0.15) is 0 Å². The van der Waals surface area contributed by atoms with Gasteiger partial charge in [-0.25, -0.2) is 4.39 Å². The SMILES string of the molecule is O=C1/C(=C/c2cn(Cc3ccc([N+](=O)[O-])cc3)c3ccccc23)SC(=S)N1c1ccc(F)cc1. The normalized spacial score (nSPS) is 15.0. The van der Waals surface area contributed by atoms with Gasteiger partial charge in [0.1, 0.15) is 5.82 Å². The Kier molecular flexibility index (Phi) is 5.72. The number of nitro groups is 1. The first-order chi connectivity index (χ1) is 16.4. The summed E-state index contributed by atoms with van der Waals surface area (Å²) in [5.74, 6) is -0.639. The summed E-state index contributed by atoms with van der Waals surface area (Å²) in [5, 5.41) is 11.9. The predicted octanol–water partition coefficient (Wildman–Crippen LogP) is 6.14. The first kappa shape index (κ1) is 22.0. The number of thiocarbonyl (C=S) groups is 1. The lowest BCUT2D eigenvalue weighted by molar-refractivity contribution is -0.384. The largest absolute Gasteiger partial charge is 0.342 e. The number of anilines is 1. The zero-order chi connectivity index (χ0) is 23.8. The van der Waals surface area contributed by atoms with Gasteiger partial charge in [0, 0.05) is 41.3 Å². The molecule has 3 aromatic carbocycles. The molecular weight excluding hydrogens is 473 g/mol. The molecule has 2 heterocycles. The van der Waals surface area contributed by atoms with Gasteiger partial charge in [-0.05, 0) is 42.0 Å². The van der Waals surface area contributed by atoms with Crippen LogP contribution in [0, 0.1) is 15.9 Å². The molecule has 34 heavy (non-hydrogen) atoms. The molecule has 0 aliphatic carbocycles. The Bertz CT molecular complexity index is 1480. The van der Waals surface area contributed by atoms with Crippen molar-refractivity contribution in [3.63, 3.8) is 0 Å². The third-order valence-corrected chi connectivity index (χ3v) is 6.79. The number of carbonyl (C=O) groups is 1. The summed E-state index contributed by atoms with van der Waals surface area (Å²) in [5.41, 5.74) is 3.32. The maximum Gasteiger partial charge on any atom is 0.270 e. The van der Waals surface area contributed by atoms with Crippen molar-refractivity contribution in [2.45, 2.75) is 6.54 Å². The van der Waals surface area contributed by atoms with E-state index in [-0.39, 0.29) is 17.4 Å². The van der Waals surface area contributed by atoms with E-state index in [1.54, 1.807) is 12.1 Å². The van der Waals surface area contributed by atoms with E-state index in [4.69, 9.17) is 12.2 Å². The zero-order valence-electron chi connectivity index (χ0n) is 17.6. The number of rotatable bonds is 5. The lowest BCUT2D eigenvalue weighted by Crippen LogP contribution is -2.27. The highest BCUT2D eigenvalue weighted by molar-refractivity contribution is 8.27. The van der Waals surface area contributed by atoms with E-state index in [1.807, 2.05) is 41.1 Å². The lowest BCUT2D eigenvalue weighted by Gasteiger charge is -2.14. The first-order valence-electron chi connectivity index (χ1n) is 10.3. The van der Waals surface area contributed by atoms with Gasteiger partial charge < -0.3 is 4.57 Å². The lowest BCUT2D eigenvalue weighted by atomic mass is 10.1. The minimum atomic E-state index is -0.422. The summed E-state index contributed by atoms with van der Waals surface area (Å²) < 4.78 is 15.7. The van der Waals surface area contributed by atoms with Crippen LogP contribution in [0.1, 0.15) is 11.1 Å². The smallest absolute Gasteiger partial charge is 0.270 e. The van der Waals surface area contributed by atoms with Gasteiger partial charge in [0.15, 0.2) is 4.32 Å². The van der Waals surface area contributed by atoms with Crippen LogP contribution in [0.25, 0.3) is 17.0 Å². The van der Waals surface area contributed by atoms with Crippen LogP contribution in [0.5, 0.6) is 0 Å². The van der Waals surface area contributed by atoms with Crippen molar-refractivity contribution in [2.75, 3.05) is 4.90 Å². The maximum atomic E-state index is 13.3. The highest BCUT2D eigenvalue weighted by atomic mass is 32.2. The van der Waals surface area contributed by atoms with Crippen molar-refractivity contribution in [3.05, 3.63) is 111 Å². The predicted molar refractivity (Wildman–Crippen MR) is 136 cm³/mol. The van der Waals surface area contributed by atoms with E-state index in [0.29, 0.717) is 21.5 Å². The molecule has 1 aliphatic rings. The Labute approximate surface area is 203 Å². The summed E-state index contributed by atoms with van der Waals surface area (Å²) in [6, 6.07) is 19.9. The van der Waals surface area contributed by atoms with Crippen molar-refractivity contribution in [3.8, 4) is 0 Å². The minimum Gasteiger partial charge on any atom is -0.342 e. The molecule has 0 spiro atoms. The summed E-state index contributed by atoms with van der Waals surface area (Å²) in [6.07, 6.45) is 3.77. The first-order valence-corrected chi connectivity index (χ1v) is 11.5. The molecule has 6 nitrogen and oxygen atoms in total. The number of amides is 1. The molecule has 0 N–H and O–H groups in total. The van der Waals surface area contributed by atoms with E-state index < -0.39 is 4.92 Å². The number of carbonyl (C=O) groups excluding carboxylic acids is 1. The number of hydrogen-bond acceptors (Lipinski definition) is 5.